The molecular weight excluding hydrogens is 268 g/mol. The Morgan fingerprint density at radius 2 is 1.89 bits per heavy atom. The van der Waals surface area contributed by atoms with Gasteiger partial charge >= 0.3 is 0 Å². The van der Waals surface area contributed by atoms with Crippen LogP contribution >= 0.6 is 0 Å². The Hall–Kier alpha value is -1.60. The predicted molar refractivity (Wildman–Crippen MR) is 73.6 cm³/mol. The van der Waals surface area contributed by atoms with Crippen LogP contribution in [0.2, 0.25) is 0 Å². The van der Waals surface area contributed by atoms with Crippen LogP contribution in [0.15, 0.2) is 24.3 Å². The Labute approximate surface area is 112 Å². The minimum atomic E-state index is -3.32. The lowest BCUT2D eigenvalue weighted by atomic mass is 10.2. The molecule has 19 heavy (non-hydrogen) atoms. The van der Waals surface area contributed by atoms with Crippen molar-refractivity contribution in [1.29, 1.82) is 0 Å². The second-order valence-electron chi connectivity index (χ2n) is 3.98. The van der Waals surface area contributed by atoms with Crippen LogP contribution in [-0.2, 0) is 10.0 Å². The summed E-state index contributed by atoms with van der Waals surface area (Å²) in [5, 5.41) is 11.1. The Bertz CT molecular complexity index is 511. The number of nitrogens with one attached hydrogen (secondary N) is 2. The molecule has 0 aliphatic rings. The van der Waals surface area contributed by atoms with Crippen LogP contribution in [0.5, 0.6) is 0 Å². The molecule has 1 amide bonds. The van der Waals surface area contributed by atoms with E-state index in [2.05, 4.69) is 10.0 Å². The number of carbonyl (C=O) groups is 1. The topological polar surface area (TPSA) is 95.5 Å². The maximum absolute atomic E-state index is 11.5. The zero-order valence-electron chi connectivity index (χ0n) is 10.7. The molecule has 0 saturated heterocycles. The van der Waals surface area contributed by atoms with Crippen LogP contribution in [0, 0.1) is 0 Å². The van der Waals surface area contributed by atoms with E-state index in [9.17, 15) is 13.2 Å². The highest BCUT2D eigenvalue weighted by Crippen LogP contribution is 2.11. The fraction of sp³-hybridized carbons (Fsp3) is 0.417. The van der Waals surface area contributed by atoms with E-state index in [-0.39, 0.29) is 24.8 Å². The largest absolute Gasteiger partial charge is 0.395 e. The Morgan fingerprint density at radius 3 is 2.42 bits per heavy atom. The van der Waals surface area contributed by atoms with Crippen molar-refractivity contribution in [3.63, 3.8) is 0 Å². The first-order chi connectivity index (χ1) is 8.98. The number of hydrogen-bond acceptors (Lipinski definition) is 4. The molecular formula is C12H18N2O4S. The molecule has 6 nitrogen and oxygen atoms in total. The normalized spacial score (nSPS) is 11.1. The van der Waals surface area contributed by atoms with Crippen molar-refractivity contribution in [1.82, 2.24) is 5.32 Å². The molecule has 0 aliphatic carbocycles. The first-order valence-corrected chi connectivity index (χ1v) is 7.63. The summed E-state index contributed by atoms with van der Waals surface area (Å²) in [7, 11) is -3.32. The van der Waals surface area contributed by atoms with Crippen LogP contribution in [0.1, 0.15) is 23.7 Å². The average Bonchev–Trinajstić information content (AvgIpc) is 2.36. The number of carbonyl (C=O) groups excluding carboxylic acids is 1. The van der Waals surface area contributed by atoms with E-state index in [1.807, 2.05) is 0 Å². The highest BCUT2D eigenvalue weighted by Gasteiger charge is 2.09. The minimum Gasteiger partial charge on any atom is -0.395 e. The number of hydrogen-bond donors (Lipinski definition) is 3. The summed E-state index contributed by atoms with van der Waals surface area (Å²) in [6.07, 6.45) is 0.539. The SMILES string of the molecule is CCCS(=O)(=O)Nc1ccc(C(=O)NCCO)cc1. The van der Waals surface area contributed by atoms with Crippen molar-refractivity contribution in [2.45, 2.75) is 13.3 Å². The molecule has 0 atom stereocenters. The molecule has 7 heteroatoms. The fourth-order valence-electron chi connectivity index (χ4n) is 1.46. The zero-order chi connectivity index (χ0) is 14.3. The lowest BCUT2D eigenvalue weighted by Gasteiger charge is -2.08. The van der Waals surface area contributed by atoms with Gasteiger partial charge in [0, 0.05) is 17.8 Å². The molecule has 0 heterocycles. The molecule has 0 bridgehead atoms. The predicted octanol–water partition coefficient (Wildman–Crippen LogP) is 0.560. The molecule has 1 aromatic rings. The van der Waals surface area contributed by atoms with Gasteiger partial charge in [-0.15, -0.1) is 0 Å². The molecule has 3 N–H and O–H groups in total. The van der Waals surface area contributed by atoms with E-state index in [4.69, 9.17) is 5.11 Å². The number of aliphatic hydroxyl groups is 1. The summed E-state index contributed by atoms with van der Waals surface area (Å²) in [5.41, 5.74) is 0.832. The van der Waals surface area contributed by atoms with Crippen LogP contribution in [0.25, 0.3) is 0 Å². The van der Waals surface area contributed by atoms with Gasteiger partial charge in [0.1, 0.15) is 0 Å². The average molecular weight is 286 g/mol. The summed E-state index contributed by atoms with van der Waals surface area (Å²) in [4.78, 5) is 11.5. The smallest absolute Gasteiger partial charge is 0.251 e. The number of rotatable bonds is 7. The van der Waals surface area contributed by atoms with E-state index in [0.29, 0.717) is 17.7 Å². The molecule has 0 radical (unpaired) electrons. The number of anilines is 1. The number of amides is 1. The van der Waals surface area contributed by atoms with Gasteiger partial charge in [-0.3, -0.25) is 9.52 Å². The monoisotopic (exact) mass is 286 g/mol. The van der Waals surface area contributed by atoms with Crippen LogP contribution in [0.4, 0.5) is 5.69 Å². The Kier molecular flexibility index (Phi) is 5.78. The van der Waals surface area contributed by atoms with E-state index in [0.717, 1.165) is 0 Å². The Balaban J connectivity index is 2.69. The van der Waals surface area contributed by atoms with Crippen molar-refractivity contribution in [3.8, 4) is 0 Å². The maximum Gasteiger partial charge on any atom is 0.251 e. The van der Waals surface area contributed by atoms with Gasteiger partial charge in [-0.05, 0) is 30.7 Å². The zero-order valence-corrected chi connectivity index (χ0v) is 11.5. The van der Waals surface area contributed by atoms with Gasteiger partial charge in [-0.1, -0.05) is 6.92 Å². The quantitative estimate of drug-likeness (QED) is 0.682. The van der Waals surface area contributed by atoms with Gasteiger partial charge < -0.3 is 10.4 Å². The van der Waals surface area contributed by atoms with Crippen LogP contribution in [-0.4, -0.2) is 38.3 Å². The van der Waals surface area contributed by atoms with E-state index in [1.54, 1.807) is 6.92 Å². The van der Waals surface area contributed by atoms with Gasteiger partial charge in [0.15, 0.2) is 0 Å². The lowest BCUT2D eigenvalue weighted by Crippen LogP contribution is -2.26. The second-order valence-corrected chi connectivity index (χ2v) is 5.82. The third kappa shape index (κ3) is 5.27. The van der Waals surface area contributed by atoms with Crippen molar-refractivity contribution in [2.24, 2.45) is 0 Å². The molecule has 0 aliphatic heterocycles. The maximum atomic E-state index is 11.5. The number of benzene rings is 1. The molecule has 106 valence electrons. The number of sulfonamides is 1. The van der Waals surface area contributed by atoms with E-state index in [1.165, 1.54) is 24.3 Å². The molecule has 1 rings (SSSR count). The minimum absolute atomic E-state index is 0.0612. The summed E-state index contributed by atoms with van der Waals surface area (Å²) in [6.45, 7) is 1.85. The third-order valence-corrected chi connectivity index (χ3v) is 3.78. The summed E-state index contributed by atoms with van der Waals surface area (Å²) < 4.78 is 25.5. The highest BCUT2D eigenvalue weighted by molar-refractivity contribution is 7.92. The van der Waals surface area contributed by atoms with Gasteiger partial charge in [0.25, 0.3) is 5.91 Å². The van der Waals surface area contributed by atoms with Crippen molar-refractivity contribution in [3.05, 3.63) is 29.8 Å². The summed E-state index contributed by atoms with van der Waals surface area (Å²) >= 11 is 0. The first kappa shape index (κ1) is 15.5. The van der Waals surface area contributed by atoms with Crippen molar-refractivity contribution < 1.29 is 18.3 Å². The first-order valence-electron chi connectivity index (χ1n) is 5.98. The standard InChI is InChI=1S/C12H18N2O4S/c1-2-9-19(17,18)14-11-5-3-10(4-6-11)12(16)13-7-8-15/h3-6,14-15H,2,7-9H2,1H3,(H,13,16). The Morgan fingerprint density at radius 1 is 1.26 bits per heavy atom. The third-order valence-electron chi connectivity index (χ3n) is 2.29. The number of aliphatic hydroxyl groups excluding tert-OH is 1. The summed E-state index contributed by atoms with van der Waals surface area (Å²) in [6, 6.07) is 6.11. The van der Waals surface area contributed by atoms with Gasteiger partial charge in [0.05, 0.1) is 12.4 Å². The van der Waals surface area contributed by atoms with Crippen molar-refractivity contribution >= 4 is 21.6 Å². The molecule has 0 saturated carbocycles. The van der Waals surface area contributed by atoms with Crippen LogP contribution < -0.4 is 10.0 Å². The molecule has 1 aromatic carbocycles. The molecule has 0 unspecified atom stereocenters. The van der Waals surface area contributed by atoms with E-state index >= 15 is 0 Å². The van der Waals surface area contributed by atoms with Crippen molar-refractivity contribution in [2.75, 3.05) is 23.6 Å². The van der Waals surface area contributed by atoms with E-state index < -0.39 is 10.0 Å². The van der Waals surface area contributed by atoms with Gasteiger partial charge in [-0.25, -0.2) is 8.42 Å². The highest BCUT2D eigenvalue weighted by atomic mass is 32.2. The molecule has 0 spiro atoms. The fourth-order valence-corrected chi connectivity index (χ4v) is 2.60. The van der Waals surface area contributed by atoms with Gasteiger partial charge in [-0.2, -0.15) is 0 Å². The lowest BCUT2D eigenvalue weighted by molar-refractivity contribution is 0.0945. The van der Waals surface area contributed by atoms with Gasteiger partial charge in [0.2, 0.25) is 10.0 Å². The van der Waals surface area contributed by atoms with Crippen LogP contribution in [0.3, 0.4) is 0 Å². The second kappa shape index (κ2) is 7.10. The summed E-state index contributed by atoms with van der Waals surface area (Å²) in [5.74, 6) is -0.247. The molecule has 0 fully saturated rings. The molecule has 0 aromatic heterocycles.